The molecule has 1 amide bonds. The van der Waals surface area contributed by atoms with Gasteiger partial charge in [-0.3, -0.25) is 9.59 Å². The zero-order chi connectivity index (χ0) is 15.0. The number of carbonyl (C=O) groups excluding carboxylic acids is 2. The SMILES string of the molecule is COCCCNC(=O)C(C)Oc1ccc(C(C)=O)cc1. The molecule has 0 aliphatic rings. The number of ketones is 1. The summed E-state index contributed by atoms with van der Waals surface area (Å²) >= 11 is 0. The molecule has 0 aliphatic carbocycles. The molecule has 0 aromatic heterocycles. The minimum absolute atomic E-state index is 0.000449. The van der Waals surface area contributed by atoms with Crippen molar-refractivity contribution in [3.8, 4) is 5.75 Å². The predicted octanol–water partition coefficient (Wildman–Crippen LogP) is 1.81. The number of methoxy groups -OCH3 is 1. The van der Waals surface area contributed by atoms with E-state index < -0.39 is 6.10 Å². The molecule has 1 rings (SSSR count). The zero-order valence-electron chi connectivity index (χ0n) is 12.1. The van der Waals surface area contributed by atoms with Gasteiger partial charge in [-0.05, 0) is 44.5 Å². The smallest absolute Gasteiger partial charge is 0.260 e. The van der Waals surface area contributed by atoms with Gasteiger partial charge in [0.25, 0.3) is 5.91 Å². The molecule has 0 saturated heterocycles. The van der Waals surface area contributed by atoms with Gasteiger partial charge in [0.15, 0.2) is 11.9 Å². The summed E-state index contributed by atoms with van der Waals surface area (Å²) < 4.78 is 10.4. The molecule has 0 saturated carbocycles. The standard InChI is InChI=1S/C15H21NO4/c1-11(17)13-5-7-14(8-6-13)20-12(2)15(18)16-9-4-10-19-3/h5-8,12H,4,9-10H2,1-3H3,(H,16,18). The first kappa shape index (κ1) is 16.2. The van der Waals surface area contributed by atoms with Crippen LogP contribution in [-0.4, -0.2) is 38.1 Å². The zero-order valence-corrected chi connectivity index (χ0v) is 12.1. The van der Waals surface area contributed by atoms with Crippen molar-refractivity contribution in [1.82, 2.24) is 5.32 Å². The molecule has 1 aromatic rings. The van der Waals surface area contributed by atoms with Gasteiger partial charge in [-0.1, -0.05) is 0 Å². The molecule has 20 heavy (non-hydrogen) atoms. The number of hydrogen-bond acceptors (Lipinski definition) is 4. The minimum Gasteiger partial charge on any atom is -0.481 e. The normalized spacial score (nSPS) is 11.8. The van der Waals surface area contributed by atoms with E-state index in [1.165, 1.54) is 6.92 Å². The third-order valence-corrected chi connectivity index (χ3v) is 2.77. The first-order valence-electron chi connectivity index (χ1n) is 6.59. The Morgan fingerprint density at radius 3 is 2.45 bits per heavy atom. The second kappa shape index (κ2) is 8.32. The molecule has 5 heteroatoms. The molecule has 0 radical (unpaired) electrons. The van der Waals surface area contributed by atoms with E-state index in [0.717, 1.165) is 6.42 Å². The van der Waals surface area contributed by atoms with Gasteiger partial charge in [-0.15, -0.1) is 0 Å². The van der Waals surface area contributed by atoms with E-state index in [1.54, 1.807) is 38.3 Å². The predicted molar refractivity (Wildman–Crippen MR) is 76.0 cm³/mol. The number of hydrogen-bond donors (Lipinski definition) is 1. The summed E-state index contributed by atoms with van der Waals surface area (Å²) in [6.45, 7) is 4.36. The fourth-order valence-electron chi connectivity index (χ4n) is 1.60. The average molecular weight is 279 g/mol. The highest BCUT2D eigenvalue weighted by molar-refractivity contribution is 5.94. The van der Waals surface area contributed by atoms with E-state index in [0.29, 0.717) is 24.5 Å². The first-order valence-corrected chi connectivity index (χ1v) is 6.59. The molecule has 0 bridgehead atoms. The third kappa shape index (κ3) is 5.40. The minimum atomic E-state index is -0.583. The summed E-state index contributed by atoms with van der Waals surface area (Å²) in [6, 6.07) is 6.73. The maximum Gasteiger partial charge on any atom is 0.260 e. The molecule has 1 unspecified atom stereocenters. The van der Waals surface area contributed by atoms with Crippen molar-refractivity contribution in [3.63, 3.8) is 0 Å². The quantitative estimate of drug-likeness (QED) is 0.582. The summed E-state index contributed by atoms with van der Waals surface area (Å²) in [5.74, 6) is 0.395. The number of ether oxygens (including phenoxy) is 2. The van der Waals surface area contributed by atoms with Crippen molar-refractivity contribution < 1.29 is 19.1 Å². The summed E-state index contributed by atoms with van der Waals surface area (Å²) in [4.78, 5) is 22.9. The fourth-order valence-corrected chi connectivity index (χ4v) is 1.60. The number of carbonyl (C=O) groups is 2. The van der Waals surface area contributed by atoms with E-state index in [-0.39, 0.29) is 11.7 Å². The van der Waals surface area contributed by atoms with E-state index in [1.807, 2.05) is 0 Å². The molecule has 0 heterocycles. The first-order chi connectivity index (χ1) is 9.54. The Hall–Kier alpha value is -1.88. The van der Waals surface area contributed by atoms with Crippen LogP contribution in [-0.2, 0) is 9.53 Å². The van der Waals surface area contributed by atoms with Gasteiger partial charge < -0.3 is 14.8 Å². The fraction of sp³-hybridized carbons (Fsp3) is 0.467. The van der Waals surface area contributed by atoms with Crippen LogP contribution in [0.5, 0.6) is 5.75 Å². The Balaban J connectivity index is 2.42. The van der Waals surface area contributed by atoms with Crippen LogP contribution in [0.4, 0.5) is 0 Å². The van der Waals surface area contributed by atoms with E-state index in [2.05, 4.69) is 5.32 Å². The molecule has 0 spiro atoms. The average Bonchev–Trinajstić information content (AvgIpc) is 2.44. The lowest BCUT2D eigenvalue weighted by Crippen LogP contribution is -2.37. The summed E-state index contributed by atoms with van der Waals surface area (Å²) in [5.41, 5.74) is 0.619. The van der Waals surface area contributed by atoms with Crippen LogP contribution in [0.25, 0.3) is 0 Å². The number of nitrogens with one attached hydrogen (secondary N) is 1. The molecular weight excluding hydrogens is 258 g/mol. The summed E-state index contributed by atoms with van der Waals surface area (Å²) in [6.07, 6.45) is 0.183. The number of rotatable bonds is 8. The molecule has 1 N–H and O–H groups in total. The van der Waals surface area contributed by atoms with Crippen LogP contribution < -0.4 is 10.1 Å². The van der Waals surface area contributed by atoms with Gasteiger partial charge in [0.1, 0.15) is 5.75 Å². The molecule has 110 valence electrons. The monoisotopic (exact) mass is 279 g/mol. The lowest BCUT2D eigenvalue weighted by Gasteiger charge is -2.14. The summed E-state index contributed by atoms with van der Waals surface area (Å²) in [5, 5.41) is 2.77. The number of Topliss-reactive ketones (excluding diaryl/α,β-unsaturated/α-hetero) is 1. The summed E-state index contributed by atoms with van der Waals surface area (Å²) in [7, 11) is 1.62. The van der Waals surface area contributed by atoms with Crippen LogP contribution in [0, 0.1) is 0 Å². The molecule has 0 fully saturated rings. The Bertz CT molecular complexity index is 442. The maximum atomic E-state index is 11.8. The molecule has 5 nitrogen and oxygen atoms in total. The highest BCUT2D eigenvalue weighted by atomic mass is 16.5. The van der Waals surface area contributed by atoms with Crippen molar-refractivity contribution in [3.05, 3.63) is 29.8 Å². The molecule has 1 atom stereocenters. The van der Waals surface area contributed by atoms with E-state index >= 15 is 0 Å². The van der Waals surface area contributed by atoms with Gasteiger partial charge >= 0.3 is 0 Å². The third-order valence-electron chi connectivity index (χ3n) is 2.77. The van der Waals surface area contributed by atoms with E-state index in [4.69, 9.17) is 9.47 Å². The lowest BCUT2D eigenvalue weighted by molar-refractivity contribution is -0.127. The van der Waals surface area contributed by atoms with Crippen molar-refractivity contribution in [2.45, 2.75) is 26.4 Å². The molecular formula is C15H21NO4. The van der Waals surface area contributed by atoms with Gasteiger partial charge in [-0.2, -0.15) is 0 Å². The van der Waals surface area contributed by atoms with Gasteiger partial charge in [0.2, 0.25) is 0 Å². The van der Waals surface area contributed by atoms with Gasteiger partial charge in [0.05, 0.1) is 0 Å². The Labute approximate surface area is 119 Å². The van der Waals surface area contributed by atoms with Crippen LogP contribution in [0.15, 0.2) is 24.3 Å². The topological polar surface area (TPSA) is 64.6 Å². The van der Waals surface area contributed by atoms with Gasteiger partial charge in [-0.25, -0.2) is 0 Å². The van der Waals surface area contributed by atoms with Crippen molar-refractivity contribution >= 4 is 11.7 Å². The van der Waals surface area contributed by atoms with Crippen molar-refractivity contribution in [1.29, 1.82) is 0 Å². The van der Waals surface area contributed by atoms with E-state index in [9.17, 15) is 9.59 Å². The second-order valence-corrected chi connectivity index (χ2v) is 4.48. The highest BCUT2D eigenvalue weighted by Crippen LogP contribution is 2.14. The van der Waals surface area contributed by atoms with Crippen LogP contribution in [0.3, 0.4) is 0 Å². The maximum absolute atomic E-state index is 11.8. The second-order valence-electron chi connectivity index (χ2n) is 4.48. The molecule has 1 aromatic carbocycles. The highest BCUT2D eigenvalue weighted by Gasteiger charge is 2.13. The molecule has 0 aliphatic heterocycles. The Kier molecular flexibility index (Phi) is 6.73. The van der Waals surface area contributed by atoms with Crippen LogP contribution in [0.1, 0.15) is 30.6 Å². The number of benzene rings is 1. The van der Waals surface area contributed by atoms with Crippen molar-refractivity contribution in [2.24, 2.45) is 0 Å². The van der Waals surface area contributed by atoms with Crippen LogP contribution >= 0.6 is 0 Å². The van der Waals surface area contributed by atoms with Crippen LogP contribution in [0.2, 0.25) is 0 Å². The lowest BCUT2D eigenvalue weighted by atomic mass is 10.1. The number of amides is 1. The van der Waals surface area contributed by atoms with Gasteiger partial charge in [0, 0.05) is 25.8 Å². The largest absolute Gasteiger partial charge is 0.481 e. The Morgan fingerprint density at radius 2 is 1.90 bits per heavy atom. The van der Waals surface area contributed by atoms with Crippen molar-refractivity contribution in [2.75, 3.05) is 20.3 Å². The Morgan fingerprint density at radius 1 is 1.25 bits per heavy atom.